The van der Waals surface area contributed by atoms with Crippen molar-refractivity contribution < 1.29 is 0 Å². The van der Waals surface area contributed by atoms with Crippen LogP contribution in [0.1, 0.15) is 25.0 Å². The first-order chi connectivity index (χ1) is 9.60. The summed E-state index contributed by atoms with van der Waals surface area (Å²) < 4.78 is 1.33. The number of hydrogen-bond donors (Lipinski definition) is 0. The van der Waals surface area contributed by atoms with Gasteiger partial charge < -0.3 is 0 Å². The molecule has 0 bridgehead atoms. The highest BCUT2D eigenvalue weighted by Crippen LogP contribution is 2.48. The largest absolute Gasteiger partial charge is 0.0619 e. The second-order valence-corrected chi connectivity index (χ2v) is 7.16. The van der Waals surface area contributed by atoms with E-state index < -0.39 is 0 Å². The molecule has 0 nitrogen and oxygen atoms in total. The van der Waals surface area contributed by atoms with Gasteiger partial charge in [0.25, 0.3) is 0 Å². The summed E-state index contributed by atoms with van der Waals surface area (Å²) in [5.41, 5.74) is 5.71. The molecule has 0 atom stereocenters. The number of hydrogen-bond acceptors (Lipinski definition) is 0. The first-order valence-corrected chi connectivity index (χ1v) is 8.00. The molecule has 3 aromatic rings. The Labute approximate surface area is 133 Å². The van der Waals surface area contributed by atoms with Crippen LogP contribution in [-0.4, -0.2) is 0 Å². The van der Waals surface area contributed by atoms with Crippen LogP contribution in [0.25, 0.3) is 21.9 Å². The van der Waals surface area contributed by atoms with Crippen molar-refractivity contribution in [1.82, 2.24) is 0 Å². The lowest BCUT2D eigenvalue weighted by atomic mass is 9.68. The van der Waals surface area contributed by atoms with Crippen molar-refractivity contribution in [1.29, 1.82) is 0 Å². The molecule has 0 spiro atoms. The van der Waals surface area contributed by atoms with E-state index in [2.05, 4.69) is 91.0 Å². The Balaban J connectivity index is 2.29. The second-order valence-electron chi connectivity index (χ2n) is 5.99. The van der Waals surface area contributed by atoms with Gasteiger partial charge in [-0.25, -0.2) is 0 Å². The second kappa shape index (κ2) is 4.08. The van der Waals surface area contributed by atoms with Gasteiger partial charge in [-0.2, -0.15) is 0 Å². The summed E-state index contributed by atoms with van der Waals surface area (Å²) in [6, 6.07) is 20.1. The van der Waals surface area contributed by atoms with E-state index in [0.29, 0.717) is 0 Å². The number of halogens is 1. The molecule has 0 aromatic heterocycles. The normalized spacial score (nSPS) is 15.2. The van der Waals surface area contributed by atoms with Crippen LogP contribution in [0.15, 0.2) is 54.6 Å². The van der Waals surface area contributed by atoms with Crippen LogP contribution >= 0.6 is 22.6 Å². The van der Waals surface area contributed by atoms with E-state index in [1.54, 1.807) is 0 Å². The molecule has 0 saturated carbocycles. The Kier molecular flexibility index (Phi) is 2.53. The topological polar surface area (TPSA) is 0 Å². The Bertz CT molecular complexity index is 844. The predicted octanol–water partition coefficient (Wildman–Crippen LogP) is 5.75. The van der Waals surface area contributed by atoms with Crippen molar-refractivity contribution in [2.45, 2.75) is 19.3 Å². The summed E-state index contributed by atoms with van der Waals surface area (Å²) in [5, 5.41) is 2.81. The standard InChI is InChI=1S/C19H15I/c1-19(2)15-8-4-3-6-12(15)13-10-11-17(20)14-7-5-9-16(19)18(13)14/h3-11H,1-2H3. The SMILES string of the molecule is CC1(C)c2ccccc2-c2ccc(I)c3cccc1c23. The van der Waals surface area contributed by atoms with Crippen molar-refractivity contribution in [3.63, 3.8) is 0 Å². The summed E-state index contributed by atoms with van der Waals surface area (Å²) in [4.78, 5) is 0. The molecular formula is C19H15I. The quantitative estimate of drug-likeness (QED) is 0.442. The van der Waals surface area contributed by atoms with Gasteiger partial charge in [0.15, 0.2) is 0 Å². The van der Waals surface area contributed by atoms with E-state index in [1.165, 1.54) is 36.6 Å². The lowest BCUT2D eigenvalue weighted by Crippen LogP contribution is -2.23. The van der Waals surface area contributed by atoms with Crippen LogP contribution in [0, 0.1) is 3.57 Å². The molecule has 0 heterocycles. The average Bonchev–Trinajstić information content (AvgIpc) is 2.46. The Morgan fingerprint density at radius 1 is 0.750 bits per heavy atom. The molecule has 1 aliphatic carbocycles. The van der Waals surface area contributed by atoms with Gasteiger partial charge in [-0.15, -0.1) is 0 Å². The molecule has 0 amide bonds. The third kappa shape index (κ3) is 1.47. The third-order valence-corrected chi connectivity index (χ3v) is 5.49. The van der Waals surface area contributed by atoms with Gasteiger partial charge in [-0.1, -0.05) is 62.4 Å². The van der Waals surface area contributed by atoms with Gasteiger partial charge >= 0.3 is 0 Å². The molecule has 0 N–H and O–H groups in total. The highest BCUT2D eigenvalue weighted by molar-refractivity contribution is 14.1. The minimum Gasteiger partial charge on any atom is -0.0619 e. The Hall–Kier alpha value is -1.35. The maximum absolute atomic E-state index is 2.44. The van der Waals surface area contributed by atoms with Gasteiger partial charge in [0, 0.05) is 8.99 Å². The lowest BCUT2D eigenvalue weighted by Gasteiger charge is -2.35. The molecular weight excluding hydrogens is 355 g/mol. The highest BCUT2D eigenvalue weighted by atomic mass is 127. The maximum Gasteiger partial charge on any atom is 0.0209 e. The predicted molar refractivity (Wildman–Crippen MR) is 94.2 cm³/mol. The summed E-state index contributed by atoms with van der Waals surface area (Å²) in [5.74, 6) is 0. The van der Waals surface area contributed by atoms with Crippen molar-refractivity contribution in [3.05, 3.63) is 69.3 Å². The first-order valence-electron chi connectivity index (χ1n) is 6.92. The van der Waals surface area contributed by atoms with E-state index in [0.717, 1.165) is 0 Å². The van der Waals surface area contributed by atoms with E-state index in [-0.39, 0.29) is 5.41 Å². The summed E-state index contributed by atoms with van der Waals surface area (Å²) >= 11 is 2.44. The monoisotopic (exact) mass is 370 g/mol. The molecule has 98 valence electrons. The van der Waals surface area contributed by atoms with Crippen molar-refractivity contribution in [2.24, 2.45) is 0 Å². The maximum atomic E-state index is 2.44. The Morgan fingerprint density at radius 3 is 2.35 bits per heavy atom. The van der Waals surface area contributed by atoms with Gasteiger partial charge in [-0.05, 0) is 61.7 Å². The molecule has 1 aliphatic rings. The molecule has 1 heteroatoms. The zero-order chi connectivity index (χ0) is 13.9. The fourth-order valence-corrected chi connectivity index (χ4v) is 4.15. The van der Waals surface area contributed by atoms with E-state index in [9.17, 15) is 0 Å². The van der Waals surface area contributed by atoms with E-state index in [4.69, 9.17) is 0 Å². The van der Waals surface area contributed by atoms with Crippen molar-refractivity contribution in [3.8, 4) is 11.1 Å². The fourth-order valence-electron chi connectivity index (χ4n) is 3.52. The van der Waals surface area contributed by atoms with Crippen molar-refractivity contribution in [2.75, 3.05) is 0 Å². The van der Waals surface area contributed by atoms with Crippen LogP contribution in [-0.2, 0) is 5.41 Å². The Morgan fingerprint density at radius 2 is 1.50 bits per heavy atom. The van der Waals surface area contributed by atoms with Gasteiger partial charge in [0.1, 0.15) is 0 Å². The minimum absolute atomic E-state index is 0.0630. The number of fused-ring (bicyclic) bond motifs is 2. The van der Waals surface area contributed by atoms with Gasteiger partial charge in [-0.3, -0.25) is 0 Å². The van der Waals surface area contributed by atoms with Crippen LogP contribution in [0.3, 0.4) is 0 Å². The molecule has 20 heavy (non-hydrogen) atoms. The molecule has 0 aliphatic heterocycles. The zero-order valence-corrected chi connectivity index (χ0v) is 13.7. The molecule has 0 unspecified atom stereocenters. The van der Waals surface area contributed by atoms with Crippen LogP contribution in [0.5, 0.6) is 0 Å². The summed E-state index contributed by atoms with van der Waals surface area (Å²) in [6.45, 7) is 4.67. The lowest BCUT2D eigenvalue weighted by molar-refractivity contribution is 0.645. The highest BCUT2D eigenvalue weighted by Gasteiger charge is 2.32. The minimum atomic E-state index is 0.0630. The zero-order valence-electron chi connectivity index (χ0n) is 11.6. The van der Waals surface area contributed by atoms with Crippen LogP contribution in [0.2, 0.25) is 0 Å². The molecule has 4 rings (SSSR count). The van der Waals surface area contributed by atoms with Gasteiger partial charge in [0.05, 0.1) is 0 Å². The van der Waals surface area contributed by atoms with Crippen LogP contribution in [0.4, 0.5) is 0 Å². The fraction of sp³-hybridized carbons (Fsp3) is 0.158. The van der Waals surface area contributed by atoms with Crippen LogP contribution < -0.4 is 0 Å². The molecule has 0 saturated heterocycles. The molecule has 0 radical (unpaired) electrons. The van der Waals surface area contributed by atoms with Crippen molar-refractivity contribution >= 4 is 33.4 Å². The summed E-state index contributed by atoms with van der Waals surface area (Å²) in [6.07, 6.45) is 0. The smallest absolute Gasteiger partial charge is 0.0209 e. The van der Waals surface area contributed by atoms with E-state index in [1.807, 2.05) is 0 Å². The number of rotatable bonds is 0. The van der Waals surface area contributed by atoms with E-state index >= 15 is 0 Å². The average molecular weight is 370 g/mol. The third-order valence-electron chi connectivity index (χ3n) is 4.55. The molecule has 0 fully saturated rings. The molecule has 3 aromatic carbocycles. The summed E-state index contributed by atoms with van der Waals surface area (Å²) in [7, 11) is 0. The first kappa shape index (κ1) is 12.4. The van der Waals surface area contributed by atoms with Gasteiger partial charge in [0.2, 0.25) is 0 Å². The number of benzene rings is 3.